The summed E-state index contributed by atoms with van der Waals surface area (Å²) in [7, 11) is 0. The highest BCUT2D eigenvalue weighted by Gasteiger charge is 2.13. The Labute approximate surface area is 115 Å². The van der Waals surface area contributed by atoms with E-state index >= 15 is 0 Å². The summed E-state index contributed by atoms with van der Waals surface area (Å²) in [6, 6.07) is 3.74. The quantitative estimate of drug-likeness (QED) is 0.620. The van der Waals surface area contributed by atoms with E-state index in [0.29, 0.717) is 5.56 Å². The minimum absolute atomic E-state index is 0.204. The zero-order chi connectivity index (χ0) is 15.0. The van der Waals surface area contributed by atoms with Crippen LogP contribution in [0.25, 0.3) is 0 Å². The molecule has 6 heteroatoms. The number of aliphatic hydroxyl groups excluding tert-OH is 1. The third kappa shape index (κ3) is 4.71. The minimum atomic E-state index is -0.733. The zero-order valence-electron chi connectivity index (χ0n) is 10.9. The van der Waals surface area contributed by atoms with E-state index in [-0.39, 0.29) is 25.3 Å². The number of nitrogens with one attached hydrogen (secondary N) is 1. The van der Waals surface area contributed by atoms with Crippen molar-refractivity contribution in [1.82, 2.24) is 5.32 Å². The van der Waals surface area contributed by atoms with Crippen LogP contribution in [0.2, 0.25) is 0 Å². The molecule has 0 saturated carbocycles. The van der Waals surface area contributed by atoms with Gasteiger partial charge >= 0.3 is 5.97 Å². The van der Waals surface area contributed by atoms with Crippen molar-refractivity contribution in [2.24, 2.45) is 0 Å². The lowest BCUT2D eigenvalue weighted by Gasteiger charge is -2.06. The number of benzene rings is 1. The predicted molar refractivity (Wildman–Crippen MR) is 69.3 cm³/mol. The number of amides is 1. The fourth-order valence-electron chi connectivity index (χ4n) is 1.38. The van der Waals surface area contributed by atoms with Crippen molar-refractivity contribution < 1.29 is 23.8 Å². The van der Waals surface area contributed by atoms with Gasteiger partial charge in [0.05, 0.1) is 12.2 Å². The first-order valence-corrected chi connectivity index (χ1v) is 5.91. The van der Waals surface area contributed by atoms with Gasteiger partial charge in [0.1, 0.15) is 19.0 Å². The van der Waals surface area contributed by atoms with Crippen LogP contribution in [-0.4, -0.2) is 36.7 Å². The molecule has 1 aromatic carbocycles. The summed E-state index contributed by atoms with van der Waals surface area (Å²) in [6.45, 7) is 1.18. The molecule has 0 radical (unpaired) electrons. The van der Waals surface area contributed by atoms with Crippen LogP contribution < -0.4 is 5.32 Å². The lowest BCUT2D eigenvalue weighted by molar-refractivity contribution is -0.141. The number of aliphatic hydroxyl groups is 1. The van der Waals surface area contributed by atoms with E-state index in [2.05, 4.69) is 21.9 Å². The predicted octanol–water partition coefficient (Wildman–Crippen LogP) is 0.462. The molecule has 0 aliphatic rings. The molecule has 20 heavy (non-hydrogen) atoms. The van der Waals surface area contributed by atoms with Crippen LogP contribution >= 0.6 is 0 Å². The minimum Gasteiger partial charge on any atom is -0.465 e. The van der Waals surface area contributed by atoms with Gasteiger partial charge in [0, 0.05) is 5.56 Å². The van der Waals surface area contributed by atoms with Gasteiger partial charge in [-0.1, -0.05) is 11.8 Å². The molecule has 0 atom stereocenters. The van der Waals surface area contributed by atoms with Gasteiger partial charge in [-0.3, -0.25) is 9.59 Å². The Balaban J connectivity index is 2.79. The van der Waals surface area contributed by atoms with Gasteiger partial charge in [-0.05, 0) is 25.1 Å². The number of carbonyl (C=O) groups is 2. The van der Waals surface area contributed by atoms with E-state index in [9.17, 15) is 14.0 Å². The number of esters is 1. The molecule has 1 aromatic rings. The van der Waals surface area contributed by atoms with E-state index in [1.54, 1.807) is 6.92 Å². The van der Waals surface area contributed by atoms with Crippen molar-refractivity contribution in [3.63, 3.8) is 0 Å². The van der Waals surface area contributed by atoms with Crippen molar-refractivity contribution in [3.8, 4) is 11.8 Å². The highest BCUT2D eigenvalue weighted by Crippen LogP contribution is 2.10. The van der Waals surface area contributed by atoms with Crippen molar-refractivity contribution in [2.75, 3.05) is 19.8 Å². The van der Waals surface area contributed by atoms with Crippen LogP contribution in [0.4, 0.5) is 4.39 Å². The first kappa shape index (κ1) is 15.7. The molecule has 0 saturated heterocycles. The van der Waals surface area contributed by atoms with Gasteiger partial charge in [-0.15, -0.1) is 0 Å². The Bertz CT molecular complexity index is 560. The number of hydrogen-bond acceptors (Lipinski definition) is 4. The average molecular weight is 279 g/mol. The van der Waals surface area contributed by atoms with Gasteiger partial charge in [-0.25, -0.2) is 4.39 Å². The first-order chi connectivity index (χ1) is 9.58. The largest absolute Gasteiger partial charge is 0.465 e. The molecule has 0 aliphatic carbocycles. The van der Waals surface area contributed by atoms with Crippen molar-refractivity contribution in [3.05, 3.63) is 35.1 Å². The summed E-state index contributed by atoms with van der Waals surface area (Å²) in [5, 5.41) is 10.8. The molecular formula is C14H14FNO4. The lowest BCUT2D eigenvalue weighted by Crippen LogP contribution is -2.31. The third-order valence-corrected chi connectivity index (χ3v) is 2.22. The molecule has 0 unspecified atom stereocenters. The maximum atomic E-state index is 13.5. The molecular weight excluding hydrogens is 265 g/mol. The van der Waals surface area contributed by atoms with E-state index in [1.165, 1.54) is 12.1 Å². The second-order valence-corrected chi connectivity index (χ2v) is 3.64. The van der Waals surface area contributed by atoms with Gasteiger partial charge in [0.2, 0.25) is 0 Å². The summed E-state index contributed by atoms with van der Waals surface area (Å²) in [5.74, 6) is 2.90. The zero-order valence-corrected chi connectivity index (χ0v) is 10.9. The third-order valence-electron chi connectivity index (χ3n) is 2.22. The molecule has 0 aromatic heterocycles. The van der Waals surface area contributed by atoms with E-state index in [4.69, 9.17) is 5.11 Å². The second-order valence-electron chi connectivity index (χ2n) is 3.64. The summed E-state index contributed by atoms with van der Waals surface area (Å²) in [5.41, 5.74) is 0.167. The van der Waals surface area contributed by atoms with E-state index < -0.39 is 17.7 Å². The number of ether oxygens (including phenoxy) is 1. The summed E-state index contributed by atoms with van der Waals surface area (Å²) in [4.78, 5) is 22.8. The Kier molecular flexibility index (Phi) is 6.20. The Hall–Kier alpha value is -2.39. The first-order valence-electron chi connectivity index (χ1n) is 5.91. The van der Waals surface area contributed by atoms with E-state index in [1.807, 2.05) is 0 Å². The van der Waals surface area contributed by atoms with Gasteiger partial charge in [0.15, 0.2) is 0 Å². The summed E-state index contributed by atoms with van der Waals surface area (Å²) in [6.07, 6.45) is 0. The number of hydrogen-bond donors (Lipinski definition) is 2. The monoisotopic (exact) mass is 279 g/mol. The molecule has 0 aliphatic heterocycles. The Morgan fingerprint density at radius 3 is 2.85 bits per heavy atom. The molecule has 2 N–H and O–H groups in total. The molecule has 1 rings (SSSR count). The Morgan fingerprint density at radius 1 is 1.45 bits per heavy atom. The van der Waals surface area contributed by atoms with Crippen molar-refractivity contribution >= 4 is 11.9 Å². The Morgan fingerprint density at radius 2 is 2.20 bits per heavy atom. The molecule has 0 bridgehead atoms. The molecule has 0 heterocycles. The highest BCUT2D eigenvalue weighted by atomic mass is 19.1. The van der Waals surface area contributed by atoms with Crippen LogP contribution in [0.1, 0.15) is 22.8 Å². The van der Waals surface area contributed by atoms with Crippen LogP contribution in [-0.2, 0) is 9.53 Å². The SMILES string of the molecule is CCOC(=O)CNC(=O)c1cc(C#CCO)ccc1F. The lowest BCUT2D eigenvalue weighted by atomic mass is 10.1. The molecule has 1 amide bonds. The normalized spacial score (nSPS) is 9.35. The number of rotatable bonds is 4. The average Bonchev–Trinajstić information content (AvgIpc) is 2.44. The molecule has 0 spiro atoms. The smallest absolute Gasteiger partial charge is 0.325 e. The standard InChI is InChI=1S/C14H14FNO4/c1-2-20-13(18)9-16-14(19)11-8-10(4-3-7-17)5-6-12(11)15/h5-6,8,17H,2,7,9H2,1H3,(H,16,19). The number of carbonyl (C=O) groups excluding carboxylic acids is 2. The van der Waals surface area contributed by atoms with Crippen LogP contribution in [0.15, 0.2) is 18.2 Å². The van der Waals surface area contributed by atoms with Gasteiger partial charge in [-0.2, -0.15) is 0 Å². The molecule has 106 valence electrons. The van der Waals surface area contributed by atoms with Gasteiger partial charge < -0.3 is 15.2 Å². The van der Waals surface area contributed by atoms with Crippen LogP contribution in [0, 0.1) is 17.7 Å². The second kappa shape index (κ2) is 7.92. The molecule has 0 fully saturated rings. The van der Waals surface area contributed by atoms with Crippen LogP contribution in [0.5, 0.6) is 0 Å². The fraction of sp³-hybridized carbons (Fsp3) is 0.286. The van der Waals surface area contributed by atoms with Crippen LogP contribution in [0.3, 0.4) is 0 Å². The van der Waals surface area contributed by atoms with Crippen molar-refractivity contribution in [2.45, 2.75) is 6.92 Å². The van der Waals surface area contributed by atoms with Gasteiger partial charge in [0.25, 0.3) is 5.91 Å². The topological polar surface area (TPSA) is 75.6 Å². The highest BCUT2D eigenvalue weighted by molar-refractivity contribution is 5.96. The summed E-state index contributed by atoms with van der Waals surface area (Å²) >= 11 is 0. The maximum absolute atomic E-state index is 13.5. The van der Waals surface area contributed by atoms with E-state index in [0.717, 1.165) is 6.07 Å². The number of halogens is 1. The summed E-state index contributed by atoms with van der Waals surface area (Å²) < 4.78 is 18.2. The molecule has 5 nitrogen and oxygen atoms in total. The van der Waals surface area contributed by atoms with Crippen molar-refractivity contribution in [1.29, 1.82) is 0 Å². The maximum Gasteiger partial charge on any atom is 0.325 e. The fourth-order valence-corrected chi connectivity index (χ4v) is 1.38.